The van der Waals surface area contributed by atoms with Gasteiger partial charge in [-0.2, -0.15) is 0 Å². The van der Waals surface area contributed by atoms with Crippen molar-refractivity contribution in [3.63, 3.8) is 0 Å². The van der Waals surface area contributed by atoms with Gasteiger partial charge in [0.1, 0.15) is 0 Å². The van der Waals surface area contributed by atoms with Crippen molar-refractivity contribution in [2.75, 3.05) is 5.32 Å². The van der Waals surface area contributed by atoms with Gasteiger partial charge in [0.25, 0.3) is 0 Å². The molecule has 24 heavy (non-hydrogen) atoms. The second-order valence-corrected chi connectivity index (χ2v) is 5.86. The highest BCUT2D eigenvalue weighted by Crippen LogP contribution is 2.12. The number of rotatable bonds is 6. The van der Waals surface area contributed by atoms with Crippen LogP contribution in [0.5, 0.6) is 0 Å². The fraction of sp³-hybridized carbons (Fsp3) is 0.300. The van der Waals surface area contributed by atoms with E-state index in [1.54, 1.807) is 0 Å². The molecule has 126 valence electrons. The van der Waals surface area contributed by atoms with Crippen LogP contribution in [-0.2, 0) is 22.6 Å². The van der Waals surface area contributed by atoms with Crippen LogP contribution in [0, 0.1) is 6.92 Å². The number of aryl methyl sites for hydroxylation is 2. The Morgan fingerprint density at radius 1 is 0.958 bits per heavy atom. The summed E-state index contributed by atoms with van der Waals surface area (Å²) in [6.07, 6.45) is 3.33. The van der Waals surface area contributed by atoms with E-state index in [0.717, 1.165) is 30.4 Å². The predicted molar refractivity (Wildman–Crippen MR) is 96.7 cm³/mol. The lowest BCUT2D eigenvalue weighted by Gasteiger charge is -2.09. The van der Waals surface area contributed by atoms with Crippen LogP contribution in [0.15, 0.2) is 48.5 Å². The van der Waals surface area contributed by atoms with E-state index in [0.29, 0.717) is 12.2 Å². The van der Waals surface area contributed by atoms with Crippen molar-refractivity contribution in [3.8, 4) is 0 Å². The van der Waals surface area contributed by atoms with Crippen molar-refractivity contribution in [3.05, 3.63) is 65.2 Å². The Morgan fingerprint density at radius 3 is 2.33 bits per heavy atom. The molecular formula is C20H24N2O2. The van der Waals surface area contributed by atoms with Gasteiger partial charge in [-0.1, -0.05) is 49.7 Å². The molecule has 2 aromatic carbocycles. The largest absolute Gasteiger partial charge is 0.344 e. The number of hydrogen-bond acceptors (Lipinski definition) is 2. The fourth-order valence-electron chi connectivity index (χ4n) is 2.39. The van der Waals surface area contributed by atoms with Crippen LogP contribution in [0.1, 0.15) is 36.5 Å². The molecule has 0 bridgehead atoms. The summed E-state index contributed by atoms with van der Waals surface area (Å²) >= 11 is 0. The Balaban J connectivity index is 1.85. The molecule has 0 aliphatic carbocycles. The van der Waals surface area contributed by atoms with Crippen molar-refractivity contribution in [1.29, 1.82) is 0 Å². The van der Waals surface area contributed by atoms with Crippen molar-refractivity contribution < 1.29 is 9.59 Å². The minimum atomic E-state index is -0.648. The van der Waals surface area contributed by atoms with E-state index in [1.807, 2.05) is 55.5 Å². The standard InChI is InChI=1S/C20H24N2O2/c1-3-4-8-16-10-12-18(13-11-16)22-20(24)19(23)21-14-17-9-6-5-7-15(17)2/h5-7,9-13H,3-4,8,14H2,1-2H3,(H,21,23)(H,22,24). The third-order valence-corrected chi connectivity index (χ3v) is 3.94. The van der Waals surface area contributed by atoms with Crippen molar-refractivity contribution in [1.82, 2.24) is 5.32 Å². The highest BCUT2D eigenvalue weighted by molar-refractivity contribution is 6.39. The number of carbonyl (C=O) groups is 2. The molecule has 0 fully saturated rings. The van der Waals surface area contributed by atoms with Gasteiger partial charge >= 0.3 is 11.8 Å². The molecule has 4 heteroatoms. The van der Waals surface area contributed by atoms with Crippen LogP contribution in [-0.4, -0.2) is 11.8 Å². The summed E-state index contributed by atoms with van der Waals surface area (Å²) in [6, 6.07) is 15.4. The zero-order valence-electron chi connectivity index (χ0n) is 14.3. The number of benzene rings is 2. The Kier molecular flexibility index (Phi) is 6.55. The Hall–Kier alpha value is -2.62. The molecule has 0 radical (unpaired) electrons. The predicted octanol–water partition coefficient (Wildman–Crippen LogP) is 3.59. The van der Waals surface area contributed by atoms with Gasteiger partial charge in [0.15, 0.2) is 0 Å². The average Bonchev–Trinajstić information content (AvgIpc) is 2.60. The molecule has 2 rings (SSSR count). The van der Waals surface area contributed by atoms with Gasteiger partial charge in [0.05, 0.1) is 0 Å². The minimum Gasteiger partial charge on any atom is -0.344 e. The lowest BCUT2D eigenvalue weighted by Crippen LogP contribution is -2.35. The quantitative estimate of drug-likeness (QED) is 0.798. The third-order valence-electron chi connectivity index (χ3n) is 3.94. The monoisotopic (exact) mass is 324 g/mol. The summed E-state index contributed by atoms with van der Waals surface area (Å²) in [5.41, 5.74) is 3.95. The molecular weight excluding hydrogens is 300 g/mol. The smallest absolute Gasteiger partial charge is 0.313 e. The summed E-state index contributed by atoms with van der Waals surface area (Å²) in [5.74, 6) is -1.28. The molecule has 0 saturated carbocycles. The van der Waals surface area contributed by atoms with Crippen LogP contribution in [0.25, 0.3) is 0 Å². The molecule has 2 N–H and O–H groups in total. The van der Waals surface area contributed by atoms with Gasteiger partial charge in [-0.25, -0.2) is 0 Å². The number of hydrogen-bond donors (Lipinski definition) is 2. The van der Waals surface area contributed by atoms with Crippen LogP contribution >= 0.6 is 0 Å². The summed E-state index contributed by atoms with van der Waals surface area (Å²) < 4.78 is 0. The number of nitrogens with one attached hydrogen (secondary N) is 2. The van der Waals surface area contributed by atoms with Crippen molar-refractivity contribution >= 4 is 17.5 Å². The van der Waals surface area contributed by atoms with Crippen LogP contribution in [0.2, 0.25) is 0 Å². The van der Waals surface area contributed by atoms with E-state index in [4.69, 9.17) is 0 Å². The van der Waals surface area contributed by atoms with E-state index in [9.17, 15) is 9.59 Å². The first-order valence-electron chi connectivity index (χ1n) is 8.32. The summed E-state index contributed by atoms with van der Waals surface area (Å²) in [6.45, 7) is 4.47. The average molecular weight is 324 g/mol. The molecule has 0 aliphatic rings. The topological polar surface area (TPSA) is 58.2 Å². The molecule has 0 heterocycles. The maximum absolute atomic E-state index is 12.0. The number of amides is 2. The minimum absolute atomic E-state index is 0.342. The summed E-state index contributed by atoms with van der Waals surface area (Å²) in [5, 5.41) is 5.27. The number of carbonyl (C=O) groups excluding carboxylic acids is 2. The molecule has 4 nitrogen and oxygen atoms in total. The van der Waals surface area contributed by atoms with E-state index in [2.05, 4.69) is 17.6 Å². The molecule has 2 aromatic rings. The first kappa shape index (κ1) is 17.7. The molecule has 0 unspecified atom stereocenters. The first-order valence-corrected chi connectivity index (χ1v) is 8.32. The highest BCUT2D eigenvalue weighted by atomic mass is 16.2. The van der Waals surface area contributed by atoms with Gasteiger partial charge < -0.3 is 10.6 Å². The van der Waals surface area contributed by atoms with Crippen molar-refractivity contribution in [2.45, 2.75) is 39.7 Å². The first-order chi connectivity index (χ1) is 11.6. The maximum Gasteiger partial charge on any atom is 0.313 e. The van der Waals surface area contributed by atoms with Crippen molar-refractivity contribution in [2.24, 2.45) is 0 Å². The Morgan fingerprint density at radius 2 is 1.67 bits per heavy atom. The third kappa shape index (κ3) is 5.23. The zero-order chi connectivity index (χ0) is 17.4. The lowest BCUT2D eigenvalue weighted by molar-refractivity contribution is -0.136. The lowest BCUT2D eigenvalue weighted by atomic mass is 10.1. The summed E-state index contributed by atoms with van der Waals surface area (Å²) in [4.78, 5) is 23.9. The summed E-state index contributed by atoms with van der Waals surface area (Å²) in [7, 11) is 0. The maximum atomic E-state index is 12.0. The zero-order valence-corrected chi connectivity index (χ0v) is 14.3. The normalized spacial score (nSPS) is 10.2. The van der Waals surface area contributed by atoms with E-state index in [1.165, 1.54) is 5.56 Å². The van der Waals surface area contributed by atoms with E-state index >= 15 is 0 Å². The van der Waals surface area contributed by atoms with Gasteiger partial charge in [0.2, 0.25) is 0 Å². The molecule has 0 saturated heterocycles. The Bertz CT molecular complexity index is 693. The number of unbranched alkanes of at least 4 members (excludes halogenated alkanes) is 1. The van der Waals surface area contributed by atoms with Crippen LogP contribution in [0.4, 0.5) is 5.69 Å². The van der Waals surface area contributed by atoms with Crippen LogP contribution < -0.4 is 10.6 Å². The molecule has 0 aliphatic heterocycles. The van der Waals surface area contributed by atoms with Gasteiger partial charge in [-0.05, 0) is 48.6 Å². The van der Waals surface area contributed by atoms with Gasteiger partial charge in [-0.15, -0.1) is 0 Å². The highest BCUT2D eigenvalue weighted by Gasteiger charge is 2.13. The molecule has 0 atom stereocenters. The Labute approximate surface area is 143 Å². The van der Waals surface area contributed by atoms with Gasteiger partial charge in [0, 0.05) is 12.2 Å². The molecule has 0 spiro atoms. The second kappa shape index (κ2) is 8.87. The van der Waals surface area contributed by atoms with Gasteiger partial charge in [-0.3, -0.25) is 9.59 Å². The molecule has 2 amide bonds. The van der Waals surface area contributed by atoms with E-state index in [-0.39, 0.29) is 0 Å². The molecule has 0 aromatic heterocycles. The number of anilines is 1. The fourth-order valence-corrected chi connectivity index (χ4v) is 2.39. The SMILES string of the molecule is CCCCc1ccc(NC(=O)C(=O)NCc2ccccc2C)cc1. The second-order valence-electron chi connectivity index (χ2n) is 5.86. The van der Waals surface area contributed by atoms with Crippen LogP contribution in [0.3, 0.4) is 0 Å². The van der Waals surface area contributed by atoms with E-state index < -0.39 is 11.8 Å².